The first-order chi connectivity index (χ1) is 14.0. The number of aryl methyl sites for hydroxylation is 1. The molecule has 0 saturated heterocycles. The van der Waals surface area contributed by atoms with Gasteiger partial charge in [-0.25, -0.2) is 0 Å². The molecule has 29 heavy (non-hydrogen) atoms. The van der Waals surface area contributed by atoms with Gasteiger partial charge in [-0.05, 0) is 36.0 Å². The van der Waals surface area contributed by atoms with Crippen molar-refractivity contribution < 1.29 is 19.8 Å². The number of carbonyl (C=O) groups is 2. The van der Waals surface area contributed by atoms with Crippen LogP contribution in [0.1, 0.15) is 18.4 Å². The quantitative estimate of drug-likeness (QED) is 0.346. The second-order valence-electron chi connectivity index (χ2n) is 6.80. The Morgan fingerprint density at radius 3 is 2.28 bits per heavy atom. The van der Waals surface area contributed by atoms with Crippen LogP contribution < -0.4 is 10.6 Å². The summed E-state index contributed by atoms with van der Waals surface area (Å²) in [6, 6.07) is 18.2. The highest BCUT2D eigenvalue weighted by Crippen LogP contribution is 2.21. The average Bonchev–Trinajstić information content (AvgIpc) is 2.75. The molecular weight excluding hydrogens is 368 g/mol. The summed E-state index contributed by atoms with van der Waals surface area (Å²) < 4.78 is 0. The maximum atomic E-state index is 11.5. The van der Waals surface area contributed by atoms with Crippen LogP contribution in [0.4, 0.5) is 0 Å². The third-order valence-electron chi connectivity index (χ3n) is 4.77. The van der Waals surface area contributed by atoms with Gasteiger partial charge in [0.15, 0.2) is 0 Å². The predicted molar refractivity (Wildman–Crippen MR) is 113 cm³/mol. The molecule has 2 unspecified atom stereocenters. The fourth-order valence-electron chi connectivity index (χ4n) is 3.03. The molecule has 0 aromatic heterocycles. The monoisotopic (exact) mass is 396 g/mol. The number of carbonyl (C=O) groups excluding carboxylic acids is 1. The average molecular weight is 396 g/mol. The van der Waals surface area contributed by atoms with E-state index >= 15 is 0 Å². The number of aliphatic carboxylic acids is 1. The largest absolute Gasteiger partial charge is 0.481 e. The van der Waals surface area contributed by atoms with E-state index < -0.39 is 18.0 Å². The van der Waals surface area contributed by atoms with Crippen molar-refractivity contribution in [3.63, 3.8) is 0 Å². The molecule has 0 radical (unpaired) electrons. The number of amides is 1. The highest BCUT2D eigenvalue weighted by molar-refractivity contribution is 5.87. The smallest absolute Gasteiger partial charge is 0.309 e. The summed E-state index contributed by atoms with van der Waals surface area (Å²) in [5.41, 5.74) is 3.32. The summed E-state index contributed by atoms with van der Waals surface area (Å²) >= 11 is 0. The van der Waals surface area contributed by atoms with Gasteiger partial charge in [0.05, 0.1) is 12.0 Å². The summed E-state index contributed by atoms with van der Waals surface area (Å²) in [6.45, 7) is 0.354. The van der Waals surface area contributed by atoms with Gasteiger partial charge in [0, 0.05) is 25.9 Å². The SMILES string of the molecule is CNC(=O)/C=C\NCCC(C(=O)O)C(O)CCc1ccc(-c2ccccc2)cc1. The van der Waals surface area contributed by atoms with E-state index in [0.29, 0.717) is 19.4 Å². The van der Waals surface area contributed by atoms with Crippen molar-refractivity contribution >= 4 is 11.9 Å². The van der Waals surface area contributed by atoms with Gasteiger partial charge >= 0.3 is 5.97 Å². The Morgan fingerprint density at radius 1 is 1.00 bits per heavy atom. The minimum absolute atomic E-state index is 0.245. The molecule has 2 rings (SSSR count). The fraction of sp³-hybridized carbons (Fsp3) is 0.304. The third-order valence-corrected chi connectivity index (χ3v) is 4.77. The van der Waals surface area contributed by atoms with E-state index in [0.717, 1.165) is 16.7 Å². The Labute approximate surface area is 171 Å². The molecule has 2 atom stereocenters. The molecule has 0 heterocycles. The zero-order valence-corrected chi connectivity index (χ0v) is 16.5. The number of aliphatic hydroxyl groups excluding tert-OH is 1. The van der Waals surface area contributed by atoms with Crippen molar-refractivity contribution in [1.82, 2.24) is 10.6 Å². The van der Waals surface area contributed by atoms with Gasteiger partial charge in [0.2, 0.25) is 5.91 Å². The van der Waals surface area contributed by atoms with Gasteiger partial charge in [-0.1, -0.05) is 54.6 Å². The molecule has 0 fully saturated rings. The molecule has 1 amide bonds. The number of rotatable bonds is 11. The number of carboxylic acids is 1. The Balaban J connectivity index is 1.83. The molecule has 0 aliphatic carbocycles. The van der Waals surface area contributed by atoms with E-state index in [1.807, 2.05) is 54.6 Å². The topological polar surface area (TPSA) is 98.7 Å². The Bertz CT molecular complexity index is 803. The molecule has 2 aromatic carbocycles. The summed E-state index contributed by atoms with van der Waals surface area (Å²) in [4.78, 5) is 22.6. The summed E-state index contributed by atoms with van der Waals surface area (Å²) in [6.07, 6.45) is 3.09. The van der Waals surface area contributed by atoms with Crippen LogP contribution in [-0.2, 0) is 16.0 Å². The van der Waals surface area contributed by atoms with E-state index in [1.54, 1.807) is 0 Å². The summed E-state index contributed by atoms with van der Waals surface area (Å²) in [7, 11) is 1.53. The standard InChI is InChI=1S/C23H28N2O4/c1-24-22(27)14-16-25-15-13-20(23(28)29)21(26)12-9-17-7-10-19(11-8-17)18-5-3-2-4-6-18/h2-8,10-11,14,16,20-21,25-26H,9,12-13,15H2,1H3,(H,24,27)(H,28,29)/b16-14-. The van der Waals surface area contributed by atoms with E-state index in [2.05, 4.69) is 10.6 Å². The highest BCUT2D eigenvalue weighted by atomic mass is 16.4. The number of benzene rings is 2. The lowest BCUT2D eigenvalue weighted by atomic mass is 9.93. The van der Waals surface area contributed by atoms with Crippen molar-refractivity contribution in [2.24, 2.45) is 5.92 Å². The van der Waals surface area contributed by atoms with Crippen molar-refractivity contribution in [3.05, 3.63) is 72.4 Å². The number of hydrogen-bond acceptors (Lipinski definition) is 4. The van der Waals surface area contributed by atoms with E-state index in [-0.39, 0.29) is 12.3 Å². The van der Waals surface area contributed by atoms with Crippen LogP contribution in [0.25, 0.3) is 11.1 Å². The Morgan fingerprint density at radius 2 is 1.66 bits per heavy atom. The Hall–Kier alpha value is -3.12. The summed E-state index contributed by atoms with van der Waals surface area (Å²) in [5, 5.41) is 25.1. The molecule has 0 spiro atoms. The summed E-state index contributed by atoms with van der Waals surface area (Å²) in [5.74, 6) is -2.13. The number of hydrogen-bond donors (Lipinski definition) is 4. The van der Waals surface area contributed by atoms with Crippen molar-refractivity contribution in [1.29, 1.82) is 0 Å². The van der Waals surface area contributed by atoms with Crippen molar-refractivity contribution in [2.75, 3.05) is 13.6 Å². The van der Waals surface area contributed by atoms with Crippen LogP contribution in [0, 0.1) is 5.92 Å². The lowest BCUT2D eigenvalue weighted by Gasteiger charge is -2.19. The molecule has 2 aromatic rings. The van der Waals surface area contributed by atoms with Crippen molar-refractivity contribution in [3.8, 4) is 11.1 Å². The van der Waals surface area contributed by atoms with Crippen LogP contribution >= 0.6 is 0 Å². The molecule has 154 valence electrons. The van der Waals surface area contributed by atoms with Gasteiger partial charge in [-0.3, -0.25) is 9.59 Å². The first-order valence-corrected chi connectivity index (χ1v) is 9.68. The third kappa shape index (κ3) is 7.43. The molecule has 4 N–H and O–H groups in total. The molecule has 0 saturated carbocycles. The zero-order valence-electron chi connectivity index (χ0n) is 16.5. The van der Waals surface area contributed by atoms with Crippen LogP contribution in [0.3, 0.4) is 0 Å². The second-order valence-corrected chi connectivity index (χ2v) is 6.80. The molecule has 0 bridgehead atoms. The predicted octanol–water partition coefficient (Wildman–Crippen LogP) is 2.59. The van der Waals surface area contributed by atoms with Crippen LogP contribution in [0.5, 0.6) is 0 Å². The van der Waals surface area contributed by atoms with E-state index in [4.69, 9.17) is 0 Å². The lowest BCUT2D eigenvalue weighted by Crippen LogP contribution is -2.31. The maximum Gasteiger partial charge on any atom is 0.309 e. The molecule has 6 heteroatoms. The molecule has 0 aliphatic rings. The van der Waals surface area contributed by atoms with E-state index in [1.165, 1.54) is 19.3 Å². The number of nitrogens with one attached hydrogen (secondary N) is 2. The number of carboxylic acid groups (broad SMARTS) is 1. The molecule has 0 aliphatic heterocycles. The highest BCUT2D eigenvalue weighted by Gasteiger charge is 2.25. The first-order valence-electron chi connectivity index (χ1n) is 9.68. The van der Waals surface area contributed by atoms with Gasteiger partial charge in [-0.2, -0.15) is 0 Å². The second kappa shape index (κ2) is 11.7. The van der Waals surface area contributed by atoms with Gasteiger partial charge in [0.1, 0.15) is 0 Å². The van der Waals surface area contributed by atoms with Gasteiger partial charge in [0.25, 0.3) is 0 Å². The zero-order chi connectivity index (χ0) is 21.1. The Kier molecular flexibility index (Phi) is 8.92. The maximum absolute atomic E-state index is 11.5. The van der Waals surface area contributed by atoms with Crippen LogP contribution in [0.15, 0.2) is 66.9 Å². The van der Waals surface area contributed by atoms with Crippen molar-refractivity contribution in [2.45, 2.75) is 25.4 Å². The lowest BCUT2D eigenvalue weighted by molar-refractivity contribution is -0.146. The minimum atomic E-state index is -1.02. The molecular formula is C23H28N2O4. The van der Waals surface area contributed by atoms with Gasteiger partial charge < -0.3 is 20.8 Å². The number of likely N-dealkylation sites (N-methyl/N-ethyl adjacent to an activating group) is 1. The minimum Gasteiger partial charge on any atom is -0.481 e. The van der Waals surface area contributed by atoms with E-state index in [9.17, 15) is 19.8 Å². The van der Waals surface area contributed by atoms with Gasteiger partial charge in [-0.15, -0.1) is 0 Å². The number of aliphatic hydroxyl groups is 1. The van der Waals surface area contributed by atoms with Crippen LogP contribution in [0.2, 0.25) is 0 Å². The van der Waals surface area contributed by atoms with Crippen LogP contribution in [-0.4, -0.2) is 41.8 Å². The normalized spacial score (nSPS) is 13.0. The molecule has 6 nitrogen and oxygen atoms in total. The fourth-order valence-corrected chi connectivity index (χ4v) is 3.03. The first kappa shape index (κ1) is 22.2.